The monoisotopic (exact) mass is 435 g/mol. The maximum Gasteiger partial charge on any atom is 0.492 e. The van der Waals surface area contributed by atoms with Gasteiger partial charge in [0.2, 0.25) is 0 Å². The van der Waals surface area contributed by atoms with E-state index in [0.29, 0.717) is 5.56 Å². The van der Waals surface area contributed by atoms with Gasteiger partial charge >= 0.3 is 13.2 Å². The molecular formula is C22H31BClNO5. The van der Waals surface area contributed by atoms with Gasteiger partial charge in [0.1, 0.15) is 5.60 Å². The lowest BCUT2D eigenvalue weighted by molar-refractivity contribution is 0.00578. The molecule has 0 aliphatic carbocycles. The summed E-state index contributed by atoms with van der Waals surface area (Å²) >= 11 is 5.62. The van der Waals surface area contributed by atoms with E-state index in [2.05, 4.69) is 5.32 Å². The first-order valence-electron chi connectivity index (χ1n) is 9.96. The zero-order valence-corrected chi connectivity index (χ0v) is 19.6. The predicted octanol–water partition coefficient (Wildman–Crippen LogP) is 4.65. The molecule has 0 radical (unpaired) electrons. The summed E-state index contributed by atoms with van der Waals surface area (Å²) in [6.07, 6.45) is 1.36. The van der Waals surface area contributed by atoms with Crippen LogP contribution >= 0.6 is 11.6 Å². The fraction of sp³-hybridized carbons (Fsp3) is 0.545. The highest BCUT2D eigenvalue weighted by molar-refractivity contribution is 6.56. The largest absolute Gasteiger partial charge is 0.492 e. The molecule has 1 fully saturated rings. The lowest BCUT2D eigenvalue weighted by atomic mass is 9.77. The molecule has 0 spiro atoms. The third-order valence-electron chi connectivity index (χ3n) is 5.10. The van der Waals surface area contributed by atoms with Crippen molar-refractivity contribution >= 4 is 36.7 Å². The van der Waals surface area contributed by atoms with Gasteiger partial charge in [-0.1, -0.05) is 30.3 Å². The van der Waals surface area contributed by atoms with Gasteiger partial charge in [-0.15, -0.1) is 11.6 Å². The number of hydrogen-bond donors (Lipinski definition) is 1. The fourth-order valence-corrected chi connectivity index (χ4v) is 2.90. The Bertz CT molecular complexity index is 796. The van der Waals surface area contributed by atoms with E-state index in [4.69, 9.17) is 25.6 Å². The molecule has 0 aromatic heterocycles. The van der Waals surface area contributed by atoms with Crippen molar-refractivity contribution in [3.63, 3.8) is 0 Å². The second-order valence-electron chi connectivity index (χ2n) is 9.34. The van der Waals surface area contributed by atoms with E-state index >= 15 is 0 Å². The smallest absolute Gasteiger partial charge is 0.444 e. The number of amides is 1. The van der Waals surface area contributed by atoms with Crippen LogP contribution in [0.5, 0.6) is 0 Å². The van der Waals surface area contributed by atoms with Crippen LogP contribution in [0, 0.1) is 0 Å². The van der Waals surface area contributed by atoms with Crippen LogP contribution in [0.3, 0.4) is 0 Å². The summed E-state index contributed by atoms with van der Waals surface area (Å²) in [4.78, 5) is 23.9. The van der Waals surface area contributed by atoms with Crippen LogP contribution in [-0.4, -0.2) is 48.2 Å². The summed E-state index contributed by atoms with van der Waals surface area (Å²) in [6, 6.07) is 7.08. The molecule has 164 valence electrons. The van der Waals surface area contributed by atoms with Crippen LogP contribution in [0.4, 0.5) is 4.79 Å². The maximum absolute atomic E-state index is 12.1. The highest BCUT2D eigenvalue weighted by atomic mass is 35.5. The minimum atomic E-state index is -0.630. The highest BCUT2D eigenvalue weighted by Gasteiger charge is 2.52. The van der Waals surface area contributed by atoms with Crippen molar-refractivity contribution in [2.45, 2.75) is 65.3 Å². The van der Waals surface area contributed by atoms with Crippen LogP contribution in [0.25, 0.3) is 6.08 Å². The molecule has 8 heteroatoms. The van der Waals surface area contributed by atoms with E-state index in [0.717, 1.165) is 11.0 Å². The number of alkyl carbamates (subject to hydrolysis) is 1. The topological polar surface area (TPSA) is 73.9 Å². The average molecular weight is 436 g/mol. The third kappa shape index (κ3) is 6.33. The standard InChI is InChI=1S/C22H31BClNO5/c1-20(2,3)28-19(27)25-14-17(23-29-21(4,5)22(6,7)30-23)12-15-8-10-16(11-9-15)18(26)13-24/h8-12H,13-14H2,1-7H3,(H,25,27). The van der Waals surface area contributed by atoms with Crippen molar-refractivity contribution in [1.29, 1.82) is 0 Å². The summed E-state index contributed by atoms with van der Waals surface area (Å²) in [6.45, 7) is 13.5. The SMILES string of the molecule is CC(C)(C)OC(=O)NCC(=Cc1ccc(C(=O)CCl)cc1)B1OC(C)(C)C(C)(C)O1. The highest BCUT2D eigenvalue weighted by Crippen LogP contribution is 2.38. The van der Waals surface area contributed by atoms with E-state index < -0.39 is 30.0 Å². The molecule has 1 saturated heterocycles. The number of alkyl halides is 1. The second-order valence-corrected chi connectivity index (χ2v) is 9.61. The molecule has 1 amide bonds. The van der Waals surface area contributed by atoms with Crippen molar-refractivity contribution in [1.82, 2.24) is 5.32 Å². The number of carbonyl (C=O) groups is 2. The third-order valence-corrected chi connectivity index (χ3v) is 5.34. The Morgan fingerprint density at radius 1 is 1.10 bits per heavy atom. The van der Waals surface area contributed by atoms with E-state index in [-0.39, 0.29) is 18.2 Å². The van der Waals surface area contributed by atoms with Crippen LogP contribution in [-0.2, 0) is 14.0 Å². The Morgan fingerprint density at radius 3 is 2.10 bits per heavy atom. The molecule has 1 aliphatic heterocycles. The van der Waals surface area contributed by atoms with Crippen LogP contribution < -0.4 is 5.32 Å². The number of hydrogen-bond acceptors (Lipinski definition) is 5. The van der Waals surface area contributed by atoms with Gasteiger partial charge < -0.3 is 19.4 Å². The Kier molecular flexibility index (Phi) is 7.43. The van der Waals surface area contributed by atoms with Gasteiger partial charge in [-0.25, -0.2) is 4.79 Å². The Hall–Kier alpha value is -1.83. The predicted molar refractivity (Wildman–Crippen MR) is 120 cm³/mol. The first kappa shape index (κ1) is 24.4. The molecule has 1 aromatic rings. The average Bonchev–Trinajstić information content (AvgIpc) is 2.84. The number of Topliss-reactive ketones (excluding diaryl/α,β-unsaturated/α-hetero) is 1. The van der Waals surface area contributed by atoms with Gasteiger partial charge in [0.25, 0.3) is 0 Å². The van der Waals surface area contributed by atoms with E-state index in [9.17, 15) is 9.59 Å². The number of benzene rings is 1. The molecule has 0 bridgehead atoms. The molecule has 0 atom stereocenters. The molecule has 1 heterocycles. The Balaban J connectivity index is 2.26. The van der Waals surface area contributed by atoms with E-state index in [1.165, 1.54) is 0 Å². The molecule has 30 heavy (non-hydrogen) atoms. The van der Waals surface area contributed by atoms with Gasteiger partial charge in [0.15, 0.2) is 5.78 Å². The van der Waals surface area contributed by atoms with Crippen molar-refractivity contribution in [2.75, 3.05) is 12.4 Å². The summed E-state index contributed by atoms with van der Waals surface area (Å²) in [5, 5.41) is 2.77. The van der Waals surface area contributed by atoms with Crippen LogP contribution in [0.1, 0.15) is 64.4 Å². The zero-order valence-electron chi connectivity index (χ0n) is 18.8. The summed E-state index contributed by atoms with van der Waals surface area (Å²) in [5.41, 5.74) is 0.501. The molecule has 6 nitrogen and oxygen atoms in total. The number of carbonyl (C=O) groups excluding carboxylic acids is 2. The summed E-state index contributed by atoms with van der Waals surface area (Å²) in [7, 11) is -0.630. The second kappa shape index (κ2) is 9.12. The molecular weight excluding hydrogens is 405 g/mol. The lowest BCUT2D eigenvalue weighted by Gasteiger charge is -2.32. The number of halogens is 1. The summed E-state index contributed by atoms with van der Waals surface area (Å²) in [5.74, 6) is -0.196. The first-order chi connectivity index (χ1) is 13.7. The Morgan fingerprint density at radius 2 is 1.63 bits per heavy atom. The molecule has 0 unspecified atom stereocenters. The quantitative estimate of drug-likeness (QED) is 0.400. The van der Waals surface area contributed by atoms with Gasteiger partial charge in [-0.2, -0.15) is 0 Å². The van der Waals surface area contributed by atoms with Crippen LogP contribution in [0.2, 0.25) is 0 Å². The van der Waals surface area contributed by atoms with Gasteiger partial charge in [0.05, 0.1) is 17.1 Å². The molecule has 1 aromatic carbocycles. The number of ketones is 1. The fourth-order valence-electron chi connectivity index (χ4n) is 2.74. The van der Waals surface area contributed by atoms with Crippen LogP contribution in [0.15, 0.2) is 29.7 Å². The number of nitrogens with one attached hydrogen (secondary N) is 1. The van der Waals surface area contributed by atoms with Crippen molar-refractivity contribution in [3.8, 4) is 0 Å². The zero-order chi connectivity index (χ0) is 22.7. The molecule has 1 N–H and O–H groups in total. The summed E-state index contributed by atoms with van der Waals surface area (Å²) < 4.78 is 17.6. The van der Waals surface area contributed by atoms with Crippen molar-refractivity contribution in [3.05, 3.63) is 40.9 Å². The van der Waals surface area contributed by atoms with Gasteiger partial charge in [-0.3, -0.25) is 4.79 Å². The maximum atomic E-state index is 12.1. The van der Waals surface area contributed by atoms with E-state index in [1.54, 1.807) is 32.9 Å². The normalized spacial score (nSPS) is 18.3. The molecule has 1 aliphatic rings. The first-order valence-corrected chi connectivity index (χ1v) is 10.5. The number of rotatable bonds is 6. The minimum Gasteiger partial charge on any atom is -0.444 e. The van der Waals surface area contributed by atoms with Crippen molar-refractivity contribution in [2.24, 2.45) is 0 Å². The number of ether oxygens (including phenoxy) is 1. The molecule has 2 rings (SSSR count). The van der Waals surface area contributed by atoms with Gasteiger partial charge in [0, 0.05) is 12.1 Å². The van der Waals surface area contributed by atoms with Gasteiger partial charge in [-0.05, 0) is 59.5 Å². The lowest BCUT2D eigenvalue weighted by Crippen LogP contribution is -2.41. The van der Waals surface area contributed by atoms with E-state index in [1.807, 2.05) is 45.9 Å². The Labute approximate surface area is 184 Å². The van der Waals surface area contributed by atoms with Crippen molar-refractivity contribution < 1.29 is 23.6 Å². The minimum absolute atomic E-state index is 0.0613. The molecule has 0 saturated carbocycles.